The number of benzene rings is 2. The summed E-state index contributed by atoms with van der Waals surface area (Å²) in [6.45, 7) is 3.78. The summed E-state index contributed by atoms with van der Waals surface area (Å²) in [5.74, 6) is 0.382. The molecule has 0 unspecified atom stereocenters. The van der Waals surface area contributed by atoms with Crippen LogP contribution in [-0.4, -0.2) is 32.3 Å². The van der Waals surface area contributed by atoms with Crippen LogP contribution >= 0.6 is 23.4 Å². The molecule has 0 saturated heterocycles. The van der Waals surface area contributed by atoms with E-state index in [1.165, 1.54) is 11.8 Å². The Kier molecular flexibility index (Phi) is 7.12. The Balaban J connectivity index is 1.59. The number of aryl methyl sites for hydroxylation is 1. The highest BCUT2D eigenvalue weighted by Crippen LogP contribution is 2.22. The van der Waals surface area contributed by atoms with E-state index in [9.17, 15) is 9.59 Å². The number of nitrogens with zero attached hydrogens (tertiary/aromatic N) is 3. The molecular weight excluding hydrogens is 422 g/mol. The van der Waals surface area contributed by atoms with Crippen LogP contribution < -0.4 is 10.6 Å². The molecule has 0 radical (unpaired) electrons. The van der Waals surface area contributed by atoms with Crippen LogP contribution in [0.2, 0.25) is 5.02 Å². The van der Waals surface area contributed by atoms with Crippen molar-refractivity contribution in [1.29, 1.82) is 0 Å². The van der Waals surface area contributed by atoms with Gasteiger partial charge < -0.3 is 15.2 Å². The molecular formula is C21H22ClN5O2S. The molecule has 1 heterocycles. The summed E-state index contributed by atoms with van der Waals surface area (Å²) >= 11 is 7.32. The number of rotatable bonds is 7. The van der Waals surface area contributed by atoms with Crippen LogP contribution in [0, 0.1) is 6.92 Å². The predicted octanol–water partition coefficient (Wildman–Crippen LogP) is 4.00. The van der Waals surface area contributed by atoms with E-state index in [-0.39, 0.29) is 23.6 Å². The van der Waals surface area contributed by atoms with E-state index >= 15 is 0 Å². The zero-order valence-corrected chi connectivity index (χ0v) is 18.4. The van der Waals surface area contributed by atoms with Gasteiger partial charge in [-0.3, -0.25) is 9.59 Å². The molecule has 3 rings (SSSR count). The van der Waals surface area contributed by atoms with Gasteiger partial charge in [-0.25, -0.2) is 0 Å². The van der Waals surface area contributed by atoms with Crippen LogP contribution in [0.25, 0.3) is 0 Å². The Morgan fingerprint density at radius 2 is 1.93 bits per heavy atom. The molecule has 3 aromatic rings. The molecule has 7 nitrogen and oxygen atoms in total. The lowest BCUT2D eigenvalue weighted by Crippen LogP contribution is -2.28. The molecule has 0 fully saturated rings. The number of para-hydroxylation sites is 1. The first-order valence-corrected chi connectivity index (χ1v) is 10.7. The van der Waals surface area contributed by atoms with Crippen LogP contribution in [0.15, 0.2) is 53.7 Å². The second-order valence-corrected chi connectivity index (χ2v) is 8.13. The van der Waals surface area contributed by atoms with Crippen molar-refractivity contribution in [3.05, 3.63) is 70.5 Å². The Hall–Kier alpha value is -2.84. The molecule has 1 atom stereocenters. The number of carbonyl (C=O) groups excluding carboxylic acids is 2. The van der Waals surface area contributed by atoms with Gasteiger partial charge in [0.1, 0.15) is 0 Å². The highest BCUT2D eigenvalue weighted by molar-refractivity contribution is 7.99. The van der Waals surface area contributed by atoms with Crippen LogP contribution in [-0.2, 0) is 11.8 Å². The molecule has 156 valence electrons. The standard InChI is InChI=1S/C21H22ClN5O2S/c1-13-7-6-8-15(11-13)20(29)23-14(2)19-25-26-21(27(19)3)30-12-18(28)24-17-10-5-4-9-16(17)22/h4-11,14H,12H2,1-3H3,(H,23,29)(H,24,28)/t14-/m1/s1. The van der Waals surface area contributed by atoms with E-state index < -0.39 is 0 Å². The van der Waals surface area contributed by atoms with Crippen LogP contribution in [0.4, 0.5) is 5.69 Å². The SMILES string of the molecule is Cc1cccc(C(=O)N[C@H](C)c2nnc(SCC(=O)Nc3ccccc3Cl)n2C)c1. The number of carbonyl (C=O) groups is 2. The van der Waals surface area contributed by atoms with Gasteiger partial charge >= 0.3 is 0 Å². The van der Waals surface area contributed by atoms with Crippen molar-refractivity contribution in [2.45, 2.75) is 25.0 Å². The Morgan fingerprint density at radius 3 is 2.67 bits per heavy atom. The number of halogens is 1. The lowest BCUT2D eigenvalue weighted by molar-refractivity contribution is -0.113. The van der Waals surface area contributed by atoms with Gasteiger partial charge in [0.25, 0.3) is 5.91 Å². The Labute approximate surface area is 184 Å². The lowest BCUT2D eigenvalue weighted by atomic mass is 10.1. The average molecular weight is 444 g/mol. The number of thioether (sulfide) groups is 1. The first-order chi connectivity index (χ1) is 14.3. The van der Waals surface area contributed by atoms with E-state index in [1.807, 2.05) is 32.0 Å². The number of hydrogen-bond acceptors (Lipinski definition) is 5. The number of hydrogen-bond donors (Lipinski definition) is 2. The van der Waals surface area contributed by atoms with Gasteiger partial charge in [0.2, 0.25) is 5.91 Å². The zero-order valence-electron chi connectivity index (χ0n) is 16.8. The van der Waals surface area contributed by atoms with Crippen molar-refractivity contribution >= 4 is 40.9 Å². The summed E-state index contributed by atoms with van der Waals surface area (Å²) < 4.78 is 1.77. The van der Waals surface area contributed by atoms with Gasteiger partial charge in [0, 0.05) is 12.6 Å². The maximum absolute atomic E-state index is 12.5. The van der Waals surface area contributed by atoms with E-state index in [4.69, 9.17) is 11.6 Å². The molecule has 2 aromatic carbocycles. The maximum atomic E-state index is 12.5. The summed E-state index contributed by atoms with van der Waals surface area (Å²) in [5.41, 5.74) is 2.17. The largest absolute Gasteiger partial charge is 0.342 e. The van der Waals surface area contributed by atoms with Gasteiger partial charge in [-0.2, -0.15) is 0 Å². The summed E-state index contributed by atoms with van der Waals surface area (Å²) in [6.07, 6.45) is 0. The molecule has 30 heavy (non-hydrogen) atoms. The molecule has 2 amide bonds. The highest BCUT2D eigenvalue weighted by Gasteiger charge is 2.19. The maximum Gasteiger partial charge on any atom is 0.251 e. The van der Waals surface area contributed by atoms with Crippen LogP contribution in [0.1, 0.15) is 34.7 Å². The monoisotopic (exact) mass is 443 g/mol. The first kappa shape index (κ1) is 21.9. The van der Waals surface area contributed by atoms with Crippen molar-refractivity contribution in [3.63, 3.8) is 0 Å². The fourth-order valence-electron chi connectivity index (χ4n) is 2.84. The second kappa shape index (κ2) is 9.77. The van der Waals surface area contributed by atoms with Crippen molar-refractivity contribution in [3.8, 4) is 0 Å². The number of nitrogens with one attached hydrogen (secondary N) is 2. The van der Waals surface area contributed by atoms with E-state index in [0.717, 1.165) is 5.56 Å². The van der Waals surface area contributed by atoms with Crippen LogP contribution in [0.5, 0.6) is 0 Å². The topological polar surface area (TPSA) is 88.9 Å². The van der Waals surface area contributed by atoms with E-state index in [1.54, 1.807) is 41.9 Å². The molecule has 0 spiro atoms. The fourth-order valence-corrected chi connectivity index (χ4v) is 3.74. The zero-order chi connectivity index (χ0) is 21.7. The lowest BCUT2D eigenvalue weighted by Gasteiger charge is -2.14. The number of anilines is 1. The Morgan fingerprint density at radius 1 is 1.17 bits per heavy atom. The molecule has 0 saturated carbocycles. The molecule has 0 aliphatic rings. The molecule has 2 N–H and O–H groups in total. The van der Waals surface area contributed by atoms with Crippen molar-refractivity contribution in [2.24, 2.45) is 7.05 Å². The van der Waals surface area contributed by atoms with Crippen molar-refractivity contribution in [2.75, 3.05) is 11.1 Å². The minimum atomic E-state index is -0.346. The summed E-state index contributed by atoms with van der Waals surface area (Å²) in [6, 6.07) is 14.1. The number of aromatic nitrogens is 3. The average Bonchev–Trinajstić information content (AvgIpc) is 3.08. The molecule has 9 heteroatoms. The third-order valence-corrected chi connectivity index (χ3v) is 5.71. The van der Waals surface area contributed by atoms with Gasteiger partial charge in [-0.05, 0) is 38.1 Å². The highest BCUT2D eigenvalue weighted by atomic mass is 35.5. The molecule has 0 aliphatic heterocycles. The fraction of sp³-hybridized carbons (Fsp3) is 0.238. The summed E-state index contributed by atoms with van der Waals surface area (Å²) in [4.78, 5) is 24.7. The predicted molar refractivity (Wildman–Crippen MR) is 119 cm³/mol. The Bertz CT molecular complexity index is 1070. The third kappa shape index (κ3) is 5.40. The number of amides is 2. The minimum absolute atomic E-state index is 0.154. The van der Waals surface area contributed by atoms with Crippen LogP contribution in [0.3, 0.4) is 0 Å². The first-order valence-electron chi connectivity index (χ1n) is 9.29. The molecule has 0 bridgehead atoms. The van der Waals surface area contributed by atoms with Gasteiger partial charge in [0.15, 0.2) is 11.0 Å². The smallest absolute Gasteiger partial charge is 0.251 e. The minimum Gasteiger partial charge on any atom is -0.342 e. The quantitative estimate of drug-likeness (QED) is 0.539. The summed E-state index contributed by atoms with van der Waals surface area (Å²) in [7, 11) is 1.80. The third-order valence-electron chi connectivity index (χ3n) is 4.36. The molecule has 0 aliphatic carbocycles. The van der Waals surface area contributed by atoms with Gasteiger partial charge in [-0.1, -0.05) is 53.2 Å². The van der Waals surface area contributed by atoms with E-state index in [0.29, 0.717) is 27.3 Å². The van der Waals surface area contributed by atoms with Gasteiger partial charge in [0.05, 0.1) is 22.5 Å². The van der Waals surface area contributed by atoms with Crippen molar-refractivity contribution in [1.82, 2.24) is 20.1 Å². The second-order valence-electron chi connectivity index (χ2n) is 6.78. The van der Waals surface area contributed by atoms with E-state index in [2.05, 4.69) is 20.8 Å². The molecule has 1 aromatic heterocycles. The normalized spacial score (nSPS) is 11.7. The van der Waals surface area contributed by atoms with Crippen molar-refractivity contribution < 1.29 is 9.59 Å². The van der Waals surface area contributed by atoms with Gasteiger partial charge in [-0.15, -0.1) is 10.2 Å². The summed E-state index contributed by atoms with van der Waals surface area (Å²) in [5, 5.41) is 15.1.